The van der Waals surface area contributed by atoms with Crippen molar-refractivity contribution < 1.29 is 43.2 Å². The Morgan fingerprint density at radius 1 is 0.955 bits per heavy atom. The quantitative estimate of drug-likeness (QED) is 0.142. The van der Waals surface area contributed by atoms with Gasteiger partial charge in [-0.15, -0.1) is 0 Å². The van der Waals surface area contributed by atoms with Crippen LogP contribution in [0.15, 0.2) is 62.8 Å². The highest BCUT2D eigenvalue weighted by atomic mass is 16.6. The Bertz CT molecular complexity index is 1620. The molecular weight excluding hydrogens is 568 g/mol. The van der Waals surface area contributed by atoms with E-state index in [1.807, 2.05) is 24.3 Å². The summed E-state index contributed by atoms with van der Waals surface area (Å²) in [5.41, 5.74) is 1.96. The smallest absolute Gasteiger partial charge is 0.339 e. The minimum atomic E-state index is -1.15. The van der Waals surface area contributed by atoms with Gasteiger partial charge in [-0.2, -0.15) is 0 Å². The van der Waals surface area contributed by atoms with Crippen LogP contribution < -0.4 is 10.4 Å². The maximum atomic E-state index is 13.8. The van der Waals surface area contributed by atoms with Gasteiger partial charge in [0.25, 0.3) is 0 Å². The Morgan fingerprint density at radius 2 is 1.68 bits per heavy atom. The summed E-state index contributed by atoms with van der Waals surface area (Å²) in [6.07, 6.45) is 0.201. The lowest BCUT2D eigenvalue weighted by Gasteiger charge is -2.43. The predicted molar refractivity (Wildman–Crippen MR) is 160 cm³/mol. The van der Waals surface area contributed by atoms with Gasteiger partial charge in [-0.25, -0.2) is 9.59 Å². The highest BCUT2D eigenvalue weighted by Gasteiger charge is 2.50. The van der Waals surface area contributed by atoms with Gasteiger partial charge in [0.05, 0.1) is 18.8 Å². The number of ether oxygens (including phenoxy) is 4. The zero-order valence-corrected chi connectivity index (χ0v) is 25.2. The summed E-state index contributed by atoms with van der Waals surface area (Å²) in [7, 11) is 0. The van der Waals surface area contributed by atoms with Crippen LogP contribution in [0.5, 0.6) is 5.75 Å². The van der Waals surface area contributed by atoms with Crippen molar-refractivity contribution in [3.63, 3.8) is 0 Å². The van der Waals surface area contributed by atoms with Crippen molar-refractivity contribution in [1.29, 1.82) is 0 Å². The van der Waals surface area contributed by atoms with E-state index in [0.29, 0.717) is 59.1 Å². The third-order valence-electron chi connectivity index (χ3n) is 8.22. The van der Waals surface area contributed by atoms with E-state index in [9.17, 15) is 19.5 Å². The Balaban J connectivity index is 1.61. The van der Waals surface area contributed by atoms with Crippen molar-refractivity contribution in [2.24, 2.45) is 0 Å². The number of aliphatic hydroxyl groups is 2. The molecule has 44 heavy (non-hydrogen) atoms. The number of esters is 2. The van der Waals surface area contributed by atoms with Crippen LogP contribution in [-0.4, -0.2) is 53.9 Å². The van der Waals surface area contributed by atoms with Crippen LogP contribution in [0.2, 0.25) is 0 Å². The minimum Gasteiger partial charge on any atom is -0.483 e. The SMILES string of the molecule is C/C(CO)=C1\CCc2ccc(cc2)CCCC(=O)O[C@@H]2c3c(ccc4cc(CCOCO)c(=O)oc34)OC(C)(C)[C@H]2OC1=O. The van der Waals surface area contributed by atoms with E-state index in [1.165, 1.54) is 0 Å². The fourth-order valence-electron chi connectivity index (χ4n) is 5.74. The molecule has 4 heterocycles. The first-order chi connectivity index (χ1) is 21.1. The molecule has 10 nitrogen and oxygen atoms in total. The molecule has 3 aliphatic heterocycles. The van der Waals surface area contributed by atoms with Gasteiger partial charge < -0.3 is 33.6 Å². The van der Waals surface area contributed by atoms with E-state index in [-0.39, 0.29) is 31.6 Å². The summed E-state index contributed by atoms with van der Waals surface area (Å²) < 4.78 is 29.4. The molecule has 1 aromatic heterocycles. The molecular formula is C34H38O10. The Morgan fingerprint density at radius 3 is 2.39 bits per heavy atom. The van der Waals surface area contributed by atoms with Gasteiger partial charge in [0.15, 0.2) is 12.2 Å². The third kappa shape index (κ3) is 6.72. The number of aryl methyl sites for hydroxylation is 2. The number of benzene rings is 2. The molecule has 0 amide bonds. The standard InChI is InChI=1S/C34H38O10/c1-20(18-35)25-13-11-22-9-7-21(8-10-22)5-4-6-27(37)41-30-28-26(44-34(2,3)31(30)43-33(25)39)14-12-23-17-24(15-16-40-19-36)32(38)42-29(23)28/h7-10,12,14,17,30-31,35-36H,4-6,11,13,15-16,18-19H2,1-3H3/b25-20-/t30-,31+/m1/s1. The van der Waals surface area contributed by atoms with Gasteiger partial charge in [0.2, 0.25) is 0 Å². The van der Waals surface area contributed by atoms with E-state index in [4.69, 9.17) is 28.5 Å². The van der Waals surface area contributed by atoms with Crippen LogP contribution >= 0.6 is 0 Å². The molecule has 2 N–H and O–H groups in total. The molecule has 2 bridgehead atoms. The monoisotopic (exact) mass is 606 g/mol. The lowest BCUT2D eigenvalue weighted by Crippen LogP contribution is -2.52. The molecule has 234 valence electrons. The molecule has 6 rings (SSSR count). The van der Waals surface area contributed by atoms with Crippen molar-refractivity contribution >= 4 is 22.9 Å². The van der Waals surface area contributed by atoms with Crippen molar-refractivity contribution in [2.75, 3.05) is 20.0 Å². The zero-order valence-electron chi connectivity index (χ0n) is 25.2. The Hall–Kier alpha value is -3.99. The van der Waals surface area contributed by atoms with Crippen LogP contribution in [0.25, 0.3) is 11.0 Å². The number of hydrogen-bond acceptors (Lipinski definition) is 10. The maximum absolute atomic E-state index is 13.8. The van der Waals surface area contributed by atoms with E-state index in [0.717, 1.165) is 11.1 Å². The number of rotatable bonds is 5. The van der Waals surface area contributed by atoms with Crippen LogP contribution in [-0.2, 0) is 43.1 Å². The van der Waals surface area contributed by atoms with Crippen LogP contribution in [0.4, 0.5) is 0 Å². The number of carbonyl (C=O) groups excluding carboxylic acids is 2. The van der Waals surface area contributed by atoms with Gasteiger partial charge in [-0.05, 0) is 81.4 Å². The summed E-state index contributed by atoms with van der Waals surface area (Å²) >= 11 is 0. The first-order valence-corrected chi connectivity index (χ1v) is 14.9. The first kappa shape index (κ1) is 31.4. The molecule has 2 atom stereocenters. The molecule has 0 radical (unpaired) electrons. The molecule has 3 aromatic rings. The molecule has 0 aliphatic carbocycles. The highest BCUT2D eigenvalue weighted by molar-refractivity contribution is 5.90. The first-order valence-electron chi connectivity index (χ1n) is 14.9. The van der Waals surface area contributed by atoms with Gasteiger partial charge in [0.1, 0.15) is 23.7 Å². The maximum Gasteiger partial charge on any atom is 0.339 e. The molecule has 0 saturated heterocycles. The van der Waals surface area contributed by atoms with E-state index in [1.54, 1.807) is 39.0 Å². The minimum absolute atomic E-state index is 0.119. The Labute approximate surface area is 255 Å². The summed E-state index contributed by atoms with van der Waals surface area (Å²) in [6.45, 7) is 4.49. The molecule has 3 aliphatic rings. The molecule has 0 fully saturated rings. The Kier molecular flexibility index (Phi) is 9.53. The summed E-state index contributed by atoms with van der Waals surface area (Å²) in [5.74, 6) is -0.814. The zero-order chi connectivity index (χ0) is 31.4. The average Bonchev–Trinajstić information content (AvgIpc) is 2.99. The van der Waals surface area contributed by atoms with E-state index in [2.05, 4.69) is 0 Å². The van der Waals surface area contributed by atoms with Crippen molar-refractivity contribution in [3.8, 4) is 5.75 Å². The second-order valence-electron chi connectivity index (χ2n) is 11.8. The molecule has 0 unspecified atom stereocenters. The fourth-order valence-corrected chi connectivity index (χ4v) is 5.74. The lowest BCUT2D eigenvalue weighted by molar-refractivity contribution is -0.188. The second kappa shape index (κ2) is 13.3. The van der Waals surface area contributed by atoms with Gasteiger partial charge in [-0.3, -0.25) is 4.79 Å². The molecule has 2 aromatic carbocycles. The van der Waals surface area contributed by atoms with Crippen LogP contribution in [0.1, 0.15) is 68.4 Å². The summed E-state index contributed by atoms with van der Waals surface area (Å²) in [5, 5.41) is 19.4. The molecule has 0 spiro atoms. The molecule has 0 saturated carbocycles. The normalized spacial score (nSPS) is 21.6. The van der Waals surface area contributed by atoms with E-state index < -0.39 is 42.2 Å². The third-order valence-corrected chi connectivity index (χ3v) is 8.22. The van der Waals surface area contributed by atoms with Gasteiger partial charge in [-0.1, -0.05) is 24.3 Å². The summed E-state index contributed by atoms with van der Waals surface area (Å²) in [4.78, 5) is 40.1. The predicted octanol–water partition coefficient (Wildman–Crippen LogP) is 4.25. The lowest BCUT2D eigenvalue weighted by atomic mass is 9.86. The van der Waals surface area contributed by atoms with Crippen LogP contribution in [0, 0.1) is 0 Å². The topological polar surface area (TPSA) is 142 Å². The number of carbonyl (C=O) groups is 2. The van der Waals surface area contributed by atoms with Crippen LogP contribution in [0.3, 0.4) is 0 Å². The van der Waals surface area contributed by atoms with Gasteiger partial charge >= 0.3 is 17.6 Å². The average molecular weight is 607 g/mol. The highest BCUT2D eigenvalue weighted by Crippen LogP contribution is 2.47. The van der Waals surface area contributed by atoms with Crippen molar-refractivity contribution in [3.05, 3.63) is 86.3 Å². The van der Waals surface area contributed by atoms with E-state index >= 15 is 0 Å². The number of hydrogen-bond donors (Lipinski definition) is 2. The van der Waals surface area contributed by atoms with Crippen molar-refractivity contribution in [2.45, 2.75) is 77.1 Å². The largest absolute Gasteiger partial charge is 0.483 e. The second-order valence-corrected chi connectivity index (χ2v) is 11.8. The molecule has 10 heteroatoms. The van der Waals surface area contributed by atoms with Gasteiger partial charge in [0, 0.05) is 29.4 Å². The number of fused-ring (bicyclic) bond motifs is 13. The van der Waals surface area contributed by atoms with Crippen molar-refractivity contribution in [1.82, 2.24) is 0 Å². The number of aliphatic hydroxyl groups excluding tert-OH is 2. The summed E-state index contributed by atoms with van der Waals surface area (Å²) in [6, 6.07) is 13.2. The fraction of sp³-hybridized carbons (Fsp3) is 0.441.